The standard InChI is InChI=1S/C45H47ClN10O4/c1-28-50-51-44-45(19-20-45)49-40(29-11-14-32(46)15-12-29)34-25-30(13-16-35(34)55(28)44)31-26-47-54(27-31)22-7-5-4-6-21-52(2)23-24-53(3)36-10-8-9-33-39(36)43(60)56(42(33)59)37-17-18-38(57)48-41(37)58/h8-16,25-27,37H,4-7,17-24H2,1-3H3,(H,48,57,58). The van der Waals surface area contributed by atoms with E-state index in [0.29, 0.717) is 22.8 Å². The van der Waals surface area contributed by atoms with E-state index in [0.717, 1.165) is 108 Å². The average Bonchev–Trinajstić information content (AvgIpc) is 3.59. The summed E-state index contributed by atoms with van der Waals surface area (Å²) in [6, 6.07) is 18.6. The molecule has 9 rings (SSSR count). The third-order valence-corrected chi connectivity index (χ3v) is 12.5. The van der Waals surface area contributed by atoms with Gasteiger partial charge in [-0.2, -0.15) is 5.10 Å². The largest absolute Gasteiger partial charge is 0.373 e. The first kappa shape index (κ1) is 39.5. The summed E-state index contributed by atoms with van der Waals surface area (Å²) in [6.07, 6.45) is 10.4. The van der Waals surface area contributed by atoms with Crippen LogP contribution in [-0.2, 0) is 21.7 Å². The van der Waals surface area contributed by atoms with Gasteiger partial charge in [0.25, 0.3) is 11.8 Å². The number of carbonyl (C=O) groups is 4. The van der Waals surface area contributed by atoms with Gasteiger partial charge in [-0.05, 0) is 94.6 Å². The number of nitrogens with one attached hydrogen (secondary N) is 1. The van der Waals surface area contributed by atoms with E-state index in [-0.39, 0.29) is 23.9 Å². The molecule has 1 saturated heterocycles. The summed E-state index contributed by atoms with van der Waals surface area (Å²) in [5.74, 6) is -0.250. The van der Waals surface area contributed by atoms with Crippen LogP contribution in [0.2, 0.25) is 5.02 Å². The number of likely N-dealkylation sites (N-methyl/N-ethyl adjacent to an activating group) is 2. The van der Waals surface area contributed by atoms with Gasteiger partial charge in [0, 0.05) is 61.0 Å². The van der Waals surface area contributed by atoms with Crippen LogP contribution in [0.25, 0.3) is 16.8 Å². The highest BCUT2D eigenvalue weighted by Crippen LogP contribution is 2.52. The van der Waals surface area contributed by atoms with E-state index < -0.39 is 29.7 Å². The van der Waals surface area contributed by atoms with E-state index in [1.54, 1.807) is 12.1 Å². The normalized spacial score (nSPS) is 17.7. The molecule has 5 heterocycles. The Hall–Kier alpha value is -5.99. The number of rotatable bonds is 14. The van der Waals surface area contributed by atoms with Gasteiger partial charge in [-0.25, -0.2) is 0 Å². The summed E-state index contributed by atoms with van der Waals surface area (Å²) in [5.41, 5.74) is 7.01. The van der Waals surface area contributed by atoms with E-state index in [1.807, 2.05) is 60.1 Å². The molecule has 0 bridgehead atoms. The molecular weight excluding hydrogens is 780 g/mol. The molecule has 3 aromatic carbocycles. The quantitative estimate of drug-likeness (QED) is 0.106. The van der Waals surface area contributed by atoms with Gasteiger partial charge in [-0.3, -0.25) is 43.6 Å². The van der Waals surface area contributed by atoms with E-state index in [2.05, 4.69) is 56.4 Å². The van der Waals surface area contributed by atoms with Crippen molar-refractivity contribution in [3.8, 4) is 16.8 Å². The lowest BCUT2D eigenvalue weighted by Crippen LogP contribution is -2.54. The first-order chi connectivity index (χ1) is 29.0. The van der Waals surface area contributed by atoms with Gasteiger partial charge in [-0.1, -0.05) is 48.7 Å². The maximum absolute atomic E-state index is 13.5. The number of aliphatic imine (C=N–C) groups is 1. The van der Waals surface area contributed by atoms with Crippen molar-refractivity contribution in [2.24, 2.45) is 4.99 Å². The number of anilines is 1. The third kappa shape index (κ3) is 7.32. The Morgan fingerprint density at radius 3 is 2.42 bits per heavy atom. The second kappa shape index (κ2) is 15.9. The highest BCUT2D eigenvalue weighted by atomic mass is 35.5. The zero-order chi connectivity index (χ0) is 41.7. The first-order valence-corrected chi connectivity index (χ1v) is 21.1. The molecule has 1 spiro atoms. The molecule has 14 nitrogen and oxygen atoms in total. The van der Waals surface area contributed by atoms with Gasteiger partial charge in [0.2, 0.25) is 11.8 Å². The maximum Gasteiger partial charge on any atom is 0.264 e. The summed E-state index contributed by atoms with van der Waals surface area (Å²) in [5, 5.41) is 16.7. The number of aryl methyl sites for hydroxylation is 2. The average molecular weight is 827 g/mol. The van der Waals surface area contributed by atoms with Crippen LogP contribution in [0.4, 0.5) is 5.69 Å². The fourth-order valence-corrected chi connectivity index (χ4v) is 8.80. The number of hydrogen-bond donors (Lipinski definition) is 1. The van der Waals surface area contributed by atoms with E-state index in [9.17, 15) is 19.2 Å². The molecule has 1 saturated carbocycles. The Bertz CT molecular complexity index is 2560. The molecule has 1 N–H and O–H groups in total. The molecule has 1 unspecified atom stereocenters. The lowest BCUT2D eigenvalue weighted by atomic mass is 9.96. The summed E-state index contributed by atoms with van der Waals surface area (Å²) in [4.78, 5) is 61.7. The molecule has 15 heteroatoms. The van der Waals surface area contributed by atoms with Gasteiger partial charge in [-0.15, -0.1) is 10.2 Å². The lowest BCUT2D eigenvalue weighted by molar-refractivity contribution is -0.136. The van der Waals surface area contributed by atoms with Crippen molar-refractivity contribution in [1.82, 2.24) is 39.7 Å². The number of hydrogen-bond acceptors (Lipinski definition) is 10. The molecular formula is C45H47ClN10O4. The number of benzene rings is 3. The van der Waals surface area contributed by atoms with Crippen LogP contribution in [0.15, 0.2) is 78.0 Å². The van der Waals surface area contributed by atoms with Crippen molar-refractivity contribution in [3.05, 3.63) is 112 Å². The van der Waals surface area contributed by atoms with E-state index in [4.69, 9.17) is 21.7 Å². The molecule has 1 atom stereocenters. The predicted octanol–water partition coefficient (Wildman–Crippen LogP) is 5.96. The number of unbranched alkanes of at least 4 members (excludes halogenated alkanes) is 3. The molecule has 60 heavy (non-hydrogen) atoms. The Morgan fingerprint density at radius 2 is 1.63 bits per heavy atom. The van der Waals surface area contributed by atoms with Crippen molar-refractivity contribution in [1.29, 1.82) is 0 Å². The molecule has 5 aromatic rings. The molecule has 308 valence electrons. The van der Waals surface area contributed by atoms with Crippen LogP contribution in [0.5, 0.6) is 0 Å². The fraction of sp³-hybridized carbons (Fsp3) is 0.378. The number of halogens is 1. The smallest absolute Gasteiger partial charge is 0.264 e. The first-order valence-electron chi connectivity index (χ1n) is 20.7. The molecule has 4 aliphatic rings. The minimum absolute atomic E-state index is 0.0864. The molecule has 3 aliphatic heterocycles. The van der Waals surface area contributed by atoms with E-state index >= 15 is 0 Å². The van der Waals surface area contributed by atoms with Crippen LogP contribution in [0, 0.1) is 6.92 Å². The number of amides is 4. The number of carbonyl (C=O) groups excluding carboxylic acids is 4. The Morgan fingerprint density at radius 1 is 0.850 bits per heavy atom. The number of nitrogens with zero attached hydrogens (tertiary/aromatic N) is 9. The Kier molecular flexibility index (Phi) is 10.4. The Balaban J connectivity index is 0.771. The lowest BCUT2D eigenvalue weighted by Gasteiger charge is -2.28. The molecule has 2 aromatic heterocycles. The second-order valence-corrected chi connectivity index (χ2v) is 16.9. The topological polar surface area (TPSA) is 151 Å². The predicted molar refractivity (Wildman–Crippen MR) is 228 cm³/mol. The van der Waals surface area contributed by atoms with Gasteiger partial charge in [0.05, 0.1) is 34.4 Å². The van der Waals surface area contributed by atoms with Crippen LogP contribution in [0.3, 0.4) is 0 Å². The number of piperidine rings is 1. The van der Waals surface area contributed by atoms with Gasteiger partial charge >= 0.3 is 0 Å². The zero-order valence-corrected chi connectivity index (χ0v) is 34.8. The van der Waals surface area contributed by atoms with Gasteiger partial charge in [0.15, 0.2) is 5.82 Å². The highest BCUT2D eigenvalue weighted by Gasteiger charge is 2.51. The number of imide groups is 2. The van der Waals surface area contributed by atoms with Crippen LogP contribution in [0.1, 0.15) is 94.9 Å². The third-order valence-electron chi connectivity index (χ3n) is 12.2. The molecule has 2 fully saturated rings. The fourth-order valence-electron chi connectivity index (χ4n) is 8.67. The second-order valence-electron chi connectivity index (χ2n) is 16.4. The van der Waals surface area contributed by atoms with Crippen LogP contribution < -0.4 is 10.2 Å². The molecule has 1 aliphatic carbocycles. The van der Waals surface area contributed by atoms with Crippen molar-refractivity contribution < 1.29 is 19.2 Å². The van der Waals surface area contributed by atoms with Crippen molar-refractivity contribution >= 4 is 46.6 Å². The monoisotopic (exact) mass is 826 g/mol. The summed E-state index contributed by atoms with van der Waals surface area (Å²) in [6.45, 7) is 5.18. The summed E-state index contributed by atoms with van der Waals surface area (Å²) < 4.78 is 4.20. The van der Waals surface area contributed by atoms with Crippen LogP contribution in [-0.4, -0.2) is 103 Å². The maximum atomic E-state index is 13.5. The van der Waals surface area contributed by atoms with Crippen LogP contribution >= 0.6 is 11.6 Å². The summed E-state index contributed by atoms with van der Waals surface area (Å²) >= 11 is 6.29. The Labute approximate surface area is 353 Å². The SMILES string of the molecule is Cc1nnc2n1-c1ccc(-c3cnn(CCCCCCN(C)CCN(C)c4cccc5c4C(=O)N(C4CCC(=O)NC4=O)C5=O)c3)cc1C(c1ccc(Cl)cc1)=NC21CC1. The molecule has 4 amide bonds. The number of fused-ring (bicyclic) bond motifs is 5. The van der Waals surface area contributed by atoms with Crippen molar-refractivity contribution in [2.45, 2.75) is 76.4 Å². The highest BCUT2D eigenvalue weighted by molar-refractivity contribution is 6.30. The van der Waals surface area contributed by atoms with E-state index in [1.165, 1.54) is 0 Å². The minimum Gasteiger partial charge on any atom is -0.373 e. The van der Waals surface area contributed by atoms with Crippen molar-refractivity contribution in [3.63, 3.8) is 0 Å². The molecule has 0 radical (unpaired) electrons. The zero-order valence-electron chi connectivity index (χ0n) is 34.0. The van der Waals surface area contributed by atoms with Gasteiger partial charge < -0.3 is 9.80 Å². The summed E-state index contributed by atoms with van der Waals surface area (Å²) in [7, 11) is 4.00. The minimum atomic E-state index is -0.988. The number of aromatic nitrogens is 5. The van der Waals surface area contributed by atoms with Crippen molar-refractivity contribution in [2.75, 3.05) is 38.6 Å². The van der Waals surface area contributed by atoms with Gasteiger partial charge in [0.1, 0.15) is 17.4 Å².